The predicted molar refractivity (Wildman–Crippen MR) is 105 cm³/mol. The monoisotopic (exact) mass is 377 g/mol. The SMILES string of the molecule is Cc1ccc(NC(=O)c2nnc3c(-c4ccccc4)cnn3c2C)cc1Cl. The lowest BCUT2D eigenvalue weighted by atomic mass is 10.1. The van der Waals surface area contributed by atoms with Crippen molar-refractivity contribution in [2.24, 2.45) is 0 Å². The highest BCUT2D eigenvalue weighted by molar-refractivity contribution is 6.31. The Morgan fingerprint density at radius 1 is 1.07 bits per heavy atom. The number of nitrogens with zero attached hydrogens (tertiary/aromatic N) is 4. The Morgan fingerprint density at radius 2 is 1.85 bits per heavy atom. The van der Waals surface area contributed by atoms with E-state index in [-0.39, 0.29) is 11.6 Å². The van der Waals surface area contributed by atoms with Gasteiger partial charge < -0.3 is 5.32 Å². The van der Waals surface area contributed by atoms with Crippen LogP contribution in [0.3, 0.4) is 0 Å². The molecule has 0 aliphatic rings. The van der Waals surface area contributed by atoms with Gasteiger partial charge in [0.15, 0.2) is 11.3 Å². The third-order valence-electron chi connectivity index (χ3n) is 4.38. The fraction of sp³-hybridized carbons (Fsp3) is 0.100. The number of hydrogen-bond acceptors (Lipinski definition) is 4. The zero-order chi connectivity index (χ0) is 19.0. The second kappa shape index (κ2) is 6.81. The van der Waals surface area contributed by atoms with Gasteiger partial charge in [0.05, 0.1) is 11.9 Å². The van der Waals surface area contributed by atoms with E-state index in [1.165, 1.54) is 0 Å². The number of aryl methyl sites for hydroxylation is 2. The van der Waals surface area contributed by atoms with Gasteiger partial charge in [-0.3, -0.25) is 4.79 Å². The Bertz CT molecular complexity index is 1150. The number of nitrogens with one attached hydrogen (secondary N) is 1. The molecule has 4 aromatic rings. The lowest BCUT2D eigenvalue weighted by Gasteiger charge is -2.09. The van der Waals surface area contributed by atoms with E-state index in [4.69, 9.17) is 11.6 Å². The number of rotatable bonds is 3. The average molecular weight is 378 g/mol. The highest BCUT2D eigenvalue weighted by Gasteiger charge is 2.18. The van der Waals surface area contributed by atoms with Crippen molar-refractivity contribution in [2.45, 2.75) is 13.8 Å². The highest BCUT2D eigenvalue weighted by Crippen LogP contribution is 2.24. The van der Waals surface area contributed by atoms with Gasteiger partial charge in [0.2, 0.25) is 0 Å². The molecule has 27 heavy (non-hydrogen) atoms. The molecule has 6 nitrogen and oxygen atoms in total. The molecule has 0 spiro atoms. The van der Waals surface area contributed by atoms with Crippen LogP contribution in [0, 0.1) is 13.8 Å². The second-order valence-electron chi connectivity index (χ2n) is 6.21. The van der Waals surface area contributed by atoms with E-state index in [1.807, 2.05) is 43.3 Å². The van der Waals surface area contributed by atoms with Crippen molar-refractivity contribution < 1.29 is 4.79 Å². The van der Waals surface area contributed by atoms with Crippen LogP contribution in [-0.2, 0) is 0 Å². The topological polar surface area (TPSA) is 72.2 Å². The first-order chi connectivity index (χ1) is 13.0. The third kappa shape index (κ3) is 3.15. The zero-order valence-electron chi connectivity index (χ0n) is 14.8. The van der Waals surface area contributed by atoms with E-state index in [2.05, 4.69) is 20.6 Å². The molecule has 0 radical (unpaired) electrons. The van der Waals surface area contributed by atoms with Gasteiger partial charge >= 0.3 is 0 Å². The average Bonchev–Trinajstić information content (AvgIpc) is 3.11. The number of amides is 1. The number of carbonyl (C=O) groups is 1. The first kappa shape index (κ1) is 17.2. The molecule has 2 aromatic carbocycles. The van der Waals surface area contributed by atoms with Gasteiger partial charge in [-0.05, 0) is 37.1 Å². The van der Waals surface area contributed by atoms with Crippen molar-refractivity contribution in [1.29, 1.82) is 0 Å². The summed E-state index contributed by atoms with van der Waals surface area (Å²) in [6.07, 6.45) is 1.73. The minimum absolute atomic E-state index is 0.210. The summed E-state index contributed by atoms with van der Waals surface area (Å²) < 4.78 is 1.63. The number of benzene rings is 2. The quantitative estimate of drug-likeness (QED) is 0.577. The van der Waals surface area contributed by atoms with Gasteiger partial charge in [0.1, 0.15) is 0 Å². The molecule has 7 heteroatoms. The molecule has 4 rings (SSSR count). The van der Waals surface area contributed by atoms with E-state index in [9.17, 15) is 4.79 Å². The van der Waals surface area contributed by atoms with E-state index in [0.29, 0.717) is 22.1 Å². The smallest absolute Gasteiger partial charge is 0.278 e. The number of anilines is 1. The zero-order valence-corrected chi connectivity index (χ0v) is 15.5. The molecule has 0 bridgehead atoms. The number of fused-ring (bicyclic) bond motifs is 1. The number of halogens is 1. The molecule has 0 saturated heterocycles. The summed E-state index contributed by atoms with van der Waals surface area (Å²) in [5.74, 6) is -0.362. The minimum Gasteiger partial charge on any atom is -0.320 e. The Balaban J connectivity index is 1.69. The van der Waals surface area contributed by atoms with E-state index in [1.54, 1.807) is 29.8 Å². The van der Waals surface area contributed by atoms with Crippen LogP contribution in [0.4, 0.5) is 5.69 Å². The predicted octanol–water partition coefficient (Wildman–Crippen LogP) is 4.31. The molecule has 1 N–H and O–H groups in total. The Labute approximate surface area is 160 Å². The van der Waals surface area contributed by atoms with E-state index < -0.39 is 0 Å². The summed E-state index contributed by atoms with van der Waals surface area (Å²) in [7, 11) is 0. The standard InChI is InChI=1S/C20H16ClN5O/c1-12-8-9-15(10-17(12)21)23-20(27)18-13(2)26-19(25-24-18)16(11-22-26)14-6-4-3-5-7-14/h3-11H,1-2H3,(H,23,27). The van der Waals surface area contributed by atoms with Gasteiger partial charge in [0.25, 0.3) is 5.91 Å². The maximum Gasteiger partial charge on any atom is 0.278 e. The lowest BCUT2D eigenvalue weighted by Crippen LogP contribution is -2.18. The van der Waals surface area contributed by atoms with Crippen molar-refractivity contribution in [1.82, 2.24) is 19.8 Å². The van der Waals surface area contributed by atoms with E-state index >= 15 is 0 Å². The summed E-state index contributed by atoms with van der Waals surface area (Å²) in [6, 6.07) is 15.2. The Kier molecular flexibility index (Phi) is 4.33. The van der Waals surface area contributed by atoms with Gasteiger partial charge in [-0.1, -0.05) is 48.0 Å². The molecule has 2 heterocycles. The van der Waals surface area contributed by atoms with Crippen LogP contribution >= 0.6 is 11.6 Å². The van der Waals surface area contributed by atoms with E-state index in [0.717, 1.165) is 16.7 Å². The summed E-state index contributed by atoms with van der Waals surface area (Å²) in [5.41, 5.74) is 4.82. The molecule has 0 atom stereocenters. The van der Waals surface area contributed by atoms with Gasteiger partial charge in [-0.2, -0.15) is 5.10 Å². The third-order valence-corrected chi connectivity index (χ3v) is 4.79. The fourth-order valence-corrected chi connectivity index (χ4v) is 3.03. The maximum atomic E-state index is 12.7. The van der Waals surface area contributed by atoms with Crippen molar-refractivity contribution in [2.75, 3.05) is 5.32 Å². The van der Waals surface area contributed by atoms with Crippen LogP contribution in [0.25, 0.3) is 16.8 Å². The summed E-state index contributed by atoms with van der Waals surface area (Å²) >= 11 is 6.12. The maximum absolute atomic E-state index is 12.7. The summed E-state index contributed by atoms with van der Waals surface area (Å²) in [6.45, 7) is 3.69. The molecule has 0 fully saturated rings. The van der Waals surface area contributed by atoms with Crippen molar-refractivity contribution >= 4 is 28.8 Å². The van der Waals surface area contributed by atoms with Crippen LogP contribution < -0.4 is 5.32 Å². The molecule has 2 aromatic heterocycles. The molecule has 0 saturated carbocycles. The molecular formula is C20H16ClN5O. The molecule has 0 aliphatic carbocycles. The summed E-state index contributed by atoms with van der Waals surface area (Å²) in [5, 5.41) is 16.2. The Hall–Kier alpha value is -3.25. The van der Waals surface area contributed by atoms with Crippen molar-refractivity contribution in [3.8, 4) is 11.1 Å². The molecular weight excluding hydrogens is 362 g/mol. The van der Waals surface area contributed by atoms with Crippen molar-refractivity contribution in [3.63, 3.8) is 0 Å². The molecule has 0 aliphatic heterocycles. The summed E-state index contributed by atoms with van der Waals surface area (Å²) in [4.78, 5) is 12.7. The second-order valence-corrected chi connectivity index (χ2v) is 6.62. The number of hydrogen-bond donors (Lipinski definition) is 1. The first-order valence-corrected chi connectivity index (χ1v) is 8.76. The minimum atomic E-state index is -0.362. The van der Waals surface area contributed by atoms with Crippen LogP contribution in [0.15, 0.2) is 54.7 Å². The van der Waals surface area contributed by atoms with Gasteiger partial charge in [-0.25, -0.2) is 4.52 Å². The number of aromatic nitrogens is 4. The Morgan fingerprint density at radius 3 is 2.59 bits per heavy atom. The van der Waals surface area contributed by atoms with Crippen LogP contribution in [0.1, 0.15) is 21.7 Å². The molecule has 0 unspecified atom stereocenters. The van der Waals surface area contributed by atoms with Gasteiger partial charge in [0, 0.05) is 16.3 Å². The first-order valence-electron chi connectivity index (χ1n) is 8.38. The fourth-order valence-electron chi connectivity index (χ4n) is 2.85. The highest BCUT2D eigenvalue weighted by atomic mass is 35.5. The molecule has 134 valence electrons. The van der Waals surface area contributed by atoms with Crippen LogP contribution in [0.2, 0.25) is 5.02 Å². The number of carbonyl (C=O) groups excluding carboxylic acids is 1. The lowest BCUT2D eigenvalue weighted by molar-refractivity contribution is 0.102. The van der Waals surface area contributed by atoms with Crippen LogP contribution in [0.5, 0.6) is 0 Å². The normalized spacial score (nSPS) is 10.9. The molecule has 1 amide bonds. The largest absolute Gasteiger partial charge is 0.320 e. The van der Waals surface area contributed by atoms with Gasteiger partial charge in [-0.15, -0.1) is 10.2 Å². The van der Waals surface area contributed by atoms with Crippen molar-refractivity contribution in [3.05, 3.63) is 76.7 Å². The van der Waals surface area contributed by atoms with Crippen LogP contribution in [-0.4, -0.2) is 25.7 Å².